The Kier molecular flexibility index (Phi) is 5.74. The Morgan fingerprint density at radius 2 is 1.48 bits per heavy atom. The first kappa shape index (κ1) is 18.9. The van der Waals surface area contributed by atoms with Crippen LogP contribution in [0.3, 0.4) is 0 Å². The van der Waals surface area contributed by atoms with Gasteiger partial charge in [-0.15, -0.1) is 0 Å². The molecule has 25 heavy (non-hydrogen) atoms. The molecule has 6 heteroatoms. The van der Waals surface area contributed by atoms with E-state index in [-0.39, 0.29) is 0 Å². The second-order valence-electron chi connectivity index (χ2n) is 5.77. The minimum Gasteiger partial charge on any atom is -0.493 e. The van der Waals surface area contributed by atoms with E-state index in [1.54, 1.807) is 13.3 Å². The minimum absolute atomic E-state index is 0.381. The predicted octanol–water partition coefficient (Wildman–Crippen LogP) is 3.12. The molecule has 0 spiro atoms. The number of aromatic nitrogens is 1. The fourth-order valence-electron chi connectivity index (χ4n) is 2.96. The van der Waals surface area contributed by atoms with Crippen LogP contribution in [0.4, 0.5) is 0 Å². The van der Waals surface area contributed by atoms with Gasteiger partial charge in [-0.1, -0.05) is 0 Å². The van der Waals surface area contributed by atoms with E-state index < -0.39 is 6.10 Å². The number of aryl methyl sites for hydroxylation is 2. The van der Waals surface area contributed by atoms with Crippen molar-refractivity contribution in [1.82, 2.24) is 4.98 Å². The van der Waals surface area contributed by atoms with Crippen molar-refractivity contribution in [1.29, 1.82) is 0 Å². The average Bonchev–Trinajstić information content (AvgIpc) is 2.61. The number of rotatable bonds is 6. The lowest BCUT2D eigenvalue weighted by Gasteiger charge is -2.24. The summed E-state index contributed by atoms with van der Waals surface area (Å²) in [6.45, 7) is 5.76. The lowest BCUT2D eigenvalue weighted by atomic mass is 9.92. The molecule has 0 saturated carbocycles. The van der Waals surface area contributed by atoms with Crippen LogP contribution in [-0.2, 0) is 0 Å². The number of hydrogen-bond acceptors (Lipinski definition) is 6. The Hall–Kier alpha value is -2.47. The molecule has 0 aliphatic carbocycles. The van der Waals surface area contributed by atoms with Crippen LogP contribution in [0.15, 0.2) is 12.3 Å². The van der Waals surface area contributed by atoms with Crippen molar-refractivity contribution in [3.05, 3.63) is 40.1 Å². The zero-order valence-corrected chi connectivity index (χ0v) is 15.8. The lowest BCUT2D eigenvalue weighted by molar-refractivity contribution is 0.204. The zero-order chi connectivity index (χ0) is 18.7. The number of ether oxygens (including phenoxy) is 4. The Morgan fingerprint density at radius 1 is 0.840 bits per heavy atom. The number of nitrogens with zero attached hydrogens (tertiary/aromatic N) is 1. The molecule has 2 rings (SSSR count). The van der Waals surface area contributed by atoms with Crippen LogP contribution in [0.25, 0.3) is 0 Å². The Morgan fingerprint density at radius 3 is 2.00 bits per heavy atom. The summed E-state index contributed by atoms with van der Waals surface area (Å²) < 4.78 is 21.7. The second-order valence-corrected chi connectivity index (χ2v) is 5.77. The van der Waals surface area contributed by atoms with Gasteiger partial charge in [-0.05, 0) is 43.5 Å². The third-order valence-corrected chi connectivity index (χ3v) is 4.42. The highest BCUT2D eigenvalue weighted by atomic mass is 16.5. The maximum atomic E-state index is 11.2. The van der Waals surface area contributed by atoms with Crippen molar-refractivity contribution < 1.29 is 24.1 Å². The average molecular weight is 347 g/mol. The van der Waals surface area contributed by atoms with E-state index >= 15 is 0 Å². The summed E-state index contributed by atoms with van der Waals surface area (Å²) in [5, 5.41) is 11.2. The van der Waals surface area contributed by atoms with E-state index in [2.05, 4.69) is 4.98 Å². The molecule has 1 atom stereocenters. The standard InChI is InChI=1S/C19H25NO5/c1-10-8-13(22-4)17(23-5)18(24-6)14(10)16(21)15-12(3)11(2)9-20-19(15)25-7/h8-9,16,21H,1-7H3. The number of pyridine rings is 1. The molecule has 1 heterocycles. The molecular formula is C19H25NO5. The summed E-state index contributed by atoms with van der Waals surface area (Å²) in [4.78, 5) is 4.29. The monoisotopic (exact) mass is 347 g/mol. The zero-order valence-electron chi connectivity index (χ0n) is 15.8. The first-order chi connectivity index (χ1) is 11.9. The van der Waals surface area contributed by atoms with Crippen LogP contribution in [0.2, 0.25) is 0 Å². The summed E-state index contributed by atoms with van der Waals surface area (Å²) in [6.07, 6.45) is 0.736. The number of aliphatic hydroxyl groups excluding tert-OH is 1. The molecule has 1 aromatic carbocycles. The van der Waals surface area contributed by atoms with Gasteiger partial charge in [0.1, 0.15) is 6.10 Å². The van der Waals surface area contributed by atoms with Crippen molar-refractivity contribution in [3.63, 3.8) is 0 Å². The molecule has 6 nitrogen and oxygen atoms in total. The number of aliphatic hydroxyl groups is 1. The molecule has 2 aromatic rings. The molecule has 136 valence electrons. The summed E-state index contributed by atoms with van der Waals surface area (Å²) >= 11 is 0. The van der Waals surface area contributed by atoms with Gasteiger partial charge in [0, 0.05) is 11.8 Å². The molecule has 0 aliphatic heterocycles. The molecule has 0 saturated heterocycles. The van der Waals surface area contributed by atoms with E-state index in [0.29, 0.717) is 34.3 Å². The molecular weight excluding hydrogens is 322 g/mol. The Bertz CT molecular complexity index is 773. The first-order valence-corrected chi connectivity index (χ1v) is 7.88. The van der Waals surface area contributed by atoms with E-state index in [9.17, 15) is 5.11 Å². The van der Waals surface area contributed by atoms with Crippen molar-refractivity contribution in [3.8, 4) is 23.1 Å². The Labute approximate surface area is 148 Å². The van der Waals surface area contributed by atoms with Crippen LogP contribution in [0, 0.1) is 20.8 Å². The lowest BCUT2D eigenvalue weighted by Crippen LogP contribution is -2.11. The summed E-state index contributed by atoms with van der Waals surface area (Å²) in [7, 11) is 6.16. The van der Waals surface area contributed by atoms with E-state index in [4.69, 9.17) is 18.9 Å². The highest BCUT2D eigenvalue weighted by molar-refractivity contribution is 5.62. The number of hydrogen-bond donors (Lipinski definition) is 1. The van der Waals surface area contributed by atoms with Gasteiger partial charge in [-0.25, -0.2) is 4.98 Å². The van der Waals surface area contributed by atoms with Crippen LogP contribution < -0.4 is 18.9 Å². The van der Waals surface area contributed by atoms with Gasteiger partial charge in [-0.3, -0.25) is 0 Å². The third-order valence-electron chi connectivity index (χ3n) is 4.42. The Balaban J connectivity index is 2.77. The largest absolute Gasteiger partial charge is 0.493 e. The van der Waals surface area contributed by atoms with E-state index in [1.807, 2.05) is 26.8 Å². The van der Waals surface area contributed by atoms with Gasteiger partial charge >= 0.3 is 0 Å². The maximum Gasteiger partial charge on any atom is 0.219 e. The van der Waals surface area contributed by atoms with Gasteiger partial charge in [-0.2, -0.15) is 0 Å². The van der Waals surface area contributed by atoms with E-state index in [0.717, 1.165) is 16.7 Å². The quantitative estimate of drug-likeness (QED) is 0.866. The highest BCUT2D eigenvalue weighted by Gasteiger charge is 2.28. The highest BCUT2D eigenvalue weighted by Crippen LogP contribution is 2.47. The topological polar surface area (TPSA) is 70.0 Å². The first-order valence-electron chi connectivity index (χ1n) is 7.88. The van der Waals surface area contributed by atoms with Gasteiger partial charge in [0.05, 0.1) is 34.0 Å². The van der Waals surface area contributed by atoms with Crippen molar-refractivity contribution >= 4 is 0 Å². The third kappa shape index (κ3) is 3.22. The molecule has 0 bridgehead atoms. The summed E-state index contributed by atoms with van der Waals surface area (Å²) in [6, 6.07) is 1.81. The predicted molar refractivity (Wildman–Crippen MR) is 95.2 cm³/mol. The molecule has 0 fully saturated rings. The molecule has 1 N–H and O–H groups in total. The fourth-order valence-corrected chi connectivity index (χ4v) is 2.96. The molecule has 0 radical (unpaired) electrons. The number of methoxy groups -OCH3 is 4. The second kappa shape index (κ2) is 7.61. The number of benzene rings is 1. The van der Waals surface area contributed by atoms with Crippen molar-refractivity contribution in [2.75, 3.05) is 28.4 Å². The van der Waals surface area contributed by atoms with Gasteiger partial charge in [0.25, 0.3) is 0 Å². The van der Waals surface area contributed by atoms with Gasteiger partial charge < -0.3 is 24.1 Å². The molecule has 1 unspecified atom stereocenters. The SMILES string of the molecule is COc1cc(C)c(C(O)c2c(OC)ncc(C)c2C)c(OC)c1OC. The van der Waals surface area contributed by atoms with Crippen LogP contribution in [0.1, 0.15) is 33.9 Å². The molecule has 0 aliphatic rings. The normalized spacial score (nSPS) is 11.8. The van der Waals surface area contributed by atoms with E-state index in [1.165, 1.54) is 21.3 Å². The van der Waals surface area contributed by atoms with Crippen LogP contribution in [-0.4, -0.2) is 38.5 Å². The summed E-state index contributed by atoms with van der Waals surface area (Å²) in [5.41, 5.74) is 3.89. The fraction of sp³-hybridized carbons (Fsp3) is 0.421. The van der Waals surface area contributed by atoms with Gasteiger partial charge in [0.15, 0.2) is 11.5 Å². The van der Waals surface area contributed by atoms with Crippen LogP contribution >= 0.6 is 0 Å². The van der Waals surface area contributed by atoms with Crippen molar-refractivity contribution in [2.24, 2.45) is 0 Å². The molecule has 0 amide bonds. The maximum absolute atomic E-state index is 11.2. The van der Waals surface area contributed by atoms with Crippen molar-refractivity contribution in [2.45, 2.75) is 26.9 Å². The van der Waals surface area contributed by atoms with Gasteiger partial charge in [0.2, 0.25) is 11.6 Å². The summed E-state index contributed by atoms with van der Waals surface area (Å²) in [5.74, 6) is 1.78. The molecule has 1 aromatic heterocycles. The smallest absolute Gasteiger partial charge is 0.219 e. The van der Waals surface area contributed by atoms with Crippen LogP contribution in [0.5, 0.6) is 23.1 Å². The minimum atomic E-state index is -0.989.